The highest BCUT2D eigenvalue weighted by molar-refractivity contribution is 5.38. The molecule has 0 aliphatic heterocycles. The molecule has 17 heavy (non-hydrogen) atoms. The molecule has 0 N–H and O–H groups in total. The first kappa shape index (κ1) is 18.2. The number of aryl methyl sites for hydroxylation is 1. The van der Waals surface area contributed by atoms with Gasteiger partial charge in [-0.1, -0.05) is 34.6 Å². The largest absolute Gasteiger partial charge is 0.268 e. The van der Waals surface area contributed by atoms with Gasteiger partial charge in [0.1, 0.15) is 5.69 Å². The van der Waals surface area contributed by atoms with Crippen molar-refractivity contribution in [2.45, 2.75) is 61.4 Å². The minimum absolute atomic E-state index is 0.282. The fourth-order valence-electron chi connectivity index (χ4n) is 0.826. The number of nitrogens with zero attached hydrogens (tertiary/aromatic N) is 3. The van der Waals surface area contributed by atoms with E-state index in [0.29, 0.717) is 11.4 Å². The molecule has 100 valence electrons. The zero-order valence-corrected chi connectivity index (χ0v) is 12.5. The molecule has 4 nitrogen and oxygen atoms in total. The molecule has 0 aromatic carbocycles. The van der Waals surface area contributed by atoms with Crippen LogP contribution < -0.4 is 0 Å². The molecule has 0 fully saturated rings. The quantitative estimate of drug-likeness (QED) is 0.694. The third-order valence-corrected chi connectivity index (χ3v) is 1.52. The summed E-state index contributed by atoms with van der Waals surface area (Å²) in [6.45, 7) is 16.3. The van der Waals surface area contributed by atoms with Crippen LogP contribution in [0.3, 0.4) is 0 Å². The molecule has 1 aromatic heterocycles. The first-order valence-electron chi connectivity index (χ1n) is 6.27. The van der Waals surface area contributed by atoms with E-state index in [1.165, 1.54) is 0 Å². The highest BCUT2D eigenvalue weighted by atomic mass is 16.3. The molecule has 0 atom stereocenters. The second-order valence-electron chi connectivity index (χ2n) is 4.50. The SMILES string of the molecule is CC.CC(C)C.Cc1nn(C(C)C)cc1N=O. The molecule has 0 amide bonds. The van der Waals surface area contributed by atoms with E-state index in [9.17, 15) is 4.91 Å². The minimum Gasteiger partial charge on any atom is -0.268 e. The second kappa shape index (κ2) is 10.00. The summed E-state index contributed by atoms with van der Waals surface area (Å²) >= 11 is 0. The molecule has 0 saturated carbocycles. The van der Waals surface area contributed by atoms with Gasteiger partial charge in [-0.15, -0.1) is 4.91 Å². The Hall–Kier alpha value is -1.19. The molecular weight excluding hydrogens is 214 g/mol. The zero-order chi connectivity index (χ0) is 14.0. The smallest absolute Gasteiger partial charge is 0.148 e. The van der Waals surface area contributed by atoms with Crippen LogP contribution in [0.1, 0.15) is 60.2 Å². The van der Waals surface area contributed by atoms with Crippen molar-refractivity contribution in [1.29, 1.82) is 0 Å². The Morgan fingerprint density at radius 1 is 1.18 bits per heavy atom. The third-order valence-electron chi connectivity index (χ3n) is 1.52. The van der Waals surface area contributed by atoms with Gasteiger partial charge in [0.15, 0.2) is 0 Å². The Bertz CT molecular complexity index is 301. The Balaban J connectivity index is 0. The van der Waals surface area contributed by atoms with Crippen LogP contribution in [0.2, 0.25) is 0 Å². The standard InChI is InChI=1S/C7H11N3O.C4H10.C2H6/c1-5(2)10-4-7(9-11)6(3)8-10;1-4(2)3;1-2/h4-5H,1-3H3;4H,1-3H3;1-2H3. The van der Waals surface area contributed by atoms with Gasteiger partial charge in [-0.3, -0.25) is 4.68 Å². The molecule has 0 spiro atoms. The number of hydrogen-bond donors (Lipinski definition) is 0. The van der Waals surface area contributed by atoms with E-state index in [4.69, 9.17) is 0 Å². The van der Waals surface area contributed by atoms with Crippen LogP contribution in [0, 0.1) is 17.7 Å². The molecule has 1 rings (SSSR count). The Morgan fingerprint density at radius 2 is 1.59 bits per heavy atom. The summed E-state index contributed by atoms with van der Waals surface area (Å²) in [6.07, 6.45) is 1.66. The molecule has 0 radical (unpaired) electrons. The van der Waals surface area contributed by atoms with Gasteiger partial charge in [-0.25, -0.2) is 0 Å². The van der Waals surface area contributed by atoms with Gasteiger partial charge >= 0.3 is 0 Å². The van der Waals surface area contributed by atoms with E-state index < -0.39 is 0 Å². The molecule has 0 aliphatic carbocycles. The van der Waals surface area contributed by atoms with Gasteiger partial charge in [0.2, 0.25) is 0 Å². The molecule has 1 aromatic rings. The van der Waals surface area contributed by atoms with E-state index in [1.54, 1.807) is 17.8 Å². The van der Waals surface area contributed by atoms with Gasteiger partial charge in [0.05, 0.1) is 11.9 Å². The van der Waals surface area contributed by atoms with E-state index in [1.807, 2.05) is 27.7 Å². The lowest BCUT2D eigenvalue weighted by molar-refractivity contribution is 0.529. The molecule has 0 unspecified atom stereocenters. The van der Waals surface area contributed by atoms with Crippen LogP contribution in [-0.2, 0) is 0 Å². The molecule has 0 bridgehead atoms. The lowest BCUT2D eigenvalue weighted by atomic mass is 10.3. The van der Waals surface area contributed by atoms with Crippen LogP contribution in [0.4, 0.5) is 5.69 Å². The summed E-state index contributed by atoms with van der Waals surface area (Å²) in [5.74, 6) is 0.833. The Kier molecular flexibility index (Phi) is 10.7. The van der Waals surface area contributed by atoms with Crippen molar-refractivity contribution >= 4 is 5.69 Å². The van der Waals surface area contributed by atoms with Crippen LogP contribution in [0.25, 0.3) is 0 Å². The van der Waals surface area contributed by atoms with E-state index in [-0.39, 0.29) is 6.04 Å². The summed E-state index contributed by atoms with van der Waals surface area (Å²) < 4.78 is 1.73. The van der Waals surface area contributed by atoms with Gasteiger partial charge in [0, 0.05) is 6.04 Å². The Labute approximate surface area is 105 Å². The summed E-state index contributed by atoms with van der Waals surface area (Å²) in [7, 11) is 0. The topological polar surface area (TPSA) is 47.2 Å². The number of aromatic nitrogens is 2. The second-order valence-corrected chi connectivity index (χ2v) is 4.50. The van der Waals surface area contributed by atoms with Crippen molar-refractivity contribution in [3.05, 3.63) is 16.8 Å². The molecular formula is C13H27N3O. The van der Waals surface area contributed by atoms with Crippen molar-refractivity contribution < 1.29 is 0 Å². The monoisotopic (exact) mass is 241 g/mol. The predicted octanol–water partition coefficient (Wildman–Crippen LogP) is 4.86. The molecule has 0 aliphatic rings. The summed E-state index contributed by atoms with van der Waals surface area (Å²) in [4.78, 5) is 10.2. The highest BCUT2D eigenvalue weighted by Crippen LogP contribution is 2.17. The average molecular weight is 241 g/mol. The lowest BCUT2D eigenvalue weighted by Gasteiger charge is -2.02. The third kappa shape index (κ3) is 8.60. The first-order valence-corrected chi connectivity index (χ1v) is 6.27. The number of rotatable bonds is 2. The normalized spacial score (nSPS) is 9.29. The number of hydrogen-bond acceptors (Lipinski definition) is 3. The lowest BCUT2D eigenvalue weighted by Crippen LogP contribution is -2.00. The van der Waals surface area contributed by atoms with Crippen LogP contribution >= 0.6 is 0 Å². The molecule has 0 saturated heterocycles. The average Bonchev–Trinajstić information content (AvgIpc) is 2.62. The van der Waals surface area contributed by atoms with Crippen molar-refractivity contribution in [2.24, 2.45) is 11.1 Å². The molecule has 4 heteroatoms. The first-order chi connectivity index (χ1) is 7.88. The van der Waals surface area contributed by atoms with Gasteiger partial charge in [-0.05, 0) is 31.9 Å². The van der Waals surface area contributed by atoms with Crippen molar-refractivity contribution in [3.63, 3.8) is 0 Å². The van der Waals surface area contributed by atoms with E-state index in [0.717, 1.165) is 5.92 Å². The zero-order valence-electron chi connectivity index (χ0n) is 12.5. The fourth-order valence-corrected chi connectivity index (χ4v) is 0.826. The summed E-state index contributed by atoms with van der Waals surface area (Å²) in [6, 6.07) is 0.282. The summed E-state index contributed by atoms with van der Waals surface area (Å²) in [5, 5.41) is 6.94. The number of nitroso groups, excluding NO2 is 1. The highest BCUT2D eigenvalue weighted by Gasteiger charge is 2.05. The maximum Gasteiger partial charge on any atom is 0.148 e. The predicted molar refractivity (Wildman–Crippen MR) is 74.7 cm³/mol. The maximum absolute atomic E-state index is 10.2. The van der Waals surface area contributed by atoms with Crippen molar-refractivity contribution in [3.8, 4) is 0 Å². The summed E-state index contributed by atoms with van der Waals surface area (Å²) in [5.41, 5.74) is 1.12. The van der Waals surface area contributed by atoms with Crippen molar-refractivity contribution in [2.75, 3.05) is 0 Å². The van der Waals surface area contributed by atoms with Gasteiger partial charge in [0.25, 0.3) is 0 Å². The fraction of sp³-hybridized carbons (Fsp3) is 0.769. The van der Waals surface area contributed by atoms with E-state index in [2.05, 4.69) is 31.0 Å². The van der Waals surface area contributed by atoms with Crippen LogP contribution in [0.15, 0.2) is 11.4 Å². The minimum atomic E-state index is 0.282. The Morgan fingerprint density at radius 3 is 1.76 bits per heavy atom. The van der Waals surface area contributed by atoms with Crippen LogP contribution in [0.5, 0.6) is 0 Å². The maximum atomic E-state index is 10.2. The van der Waals surface area contributed by atoms with Gasteiger partial charge < -0.3 is 0 Å². The van der Waals surface area contributed by atoms with E-state index >= 15 is 0 Å². The van der Waals surface area contributed by atoms with Crippen LogP contribution in [-0.4, -0.2) is 9.78 Å². The van der Waals surface area contributed by atoms with Crippen molar-refractivity contribution in [1.82, 2.24) is 9.78 Å². The molecule has 1 heterocycles. The van der Waals surface area contributed by atoms with Gasteiger partial charge in [-0.2, -0.15) is 5.10 Å².